The van der Waals surface area contributed by atoms with E-state index >= 15 is 0 Å². The van der Waals surface area contributed by atoms with Crippen molar-refractivity contribution in [2.75, 3.05) is 6.61 Å². The van der Waals surface area contributed by atoms with Gasteiger partial charge in [0.25, 0.3) is 0 Å². The van der Waals surface area contributed by atoms with Gasteiger partial charge in [0.05, 0.1) is 29.0 Å². The lowest BCUT2D eigenvalue weighted by atomic mass is 9.92. The summed E-state index contributed by atoms with van der Waals surface area (Å²) in [6.45, 7) is 5.99. The van der Waals surface area contributed by atoms with E-state index < -0.39 is 11.6 Å². The molecule has 158 valence electrons. The second-order valence-corrected chi connectivity index (χ2v) is 8.36. The molecule has 1 unspecified atom stereocenters. The van der Waals surface area contributed by atoms with Crippen LogP contribution in [-0.4, -0.2) is 33.3 Å². The van der Waals surface area contributed by atoms with Crippen LogP contribution >= 0.6 is 11.6 Å². The van der Waals surface area contributed by atoms with Crippen LogP contribution in [0.3, 0.4) is 0 Å². The molecule has 1 atom stereocenters. The summed E-state index contributed by atoms with van der Waals surface area (Å²) in [5.74, 6) is 0.181. The summed E-state index contributed by atoms with van der Waals surface area (Å²) in [5.41, 5.74) is 1.40. The van der Waals surface area contributed by atoms with Crippen molar-refractivity contribution in [2.45, 2.75) is 32.7 Å². The number of carboxylic acid groups (broad SMARTS) is 1. The largest absolute Gasteiger partial charge is 0.490 e. The van der Waals surface area contributed by atoms with Crippen LogP contribution in [0, 0.1) is 11.7 Å². The lowest BCUT2D eigenvalue weighted by Gasteiger charge is -2.28. The molecular formula is C22H23ClFN3O3. The van der Waals surface area contributed by atoms with E-state index in [1.54, 1.807) is 30.6 Å². The third-order valence-electron chi connectivity index (χ3n) is 4.63. The van der Waals surface area contributed by atoms with E-state index in [1.807, 2.05) is 20.8 Å². The van der Waals surface area contributed by atoms with Crippen LogP contribution < -0.4 is 10.1 Å². The Labute approximate surface area is 179 Å². The molecule has 0 bridgehead atoms. The van der Waals surface area contributed by atoms with Gasteiger partial charge in [-0.15, -0.1) is 0 Å². The maximum absolute atomic E-state index is 13.5. The minimum absolute atomic E-state index is 0.0848. The van der Waals surface area contributed by atoms with E-state index in [-0.39, 0.29) is 11.7 Å². The molecule has 1 amide bonds. The fraction of sp³-hybridized carbons (Fsp3) is 0.318. The molecule has 1 aromatic carbocycles. The van der Waals surface area contributed by atoms with Gasteiger partial charge in [0.15, 0.2) is 5.75 Å². The monoisotopic (exact) mass is 431 g/mol. The van der Waals surface area contributed by atoms with Crippen molar-refractivity contribution in [3.05, 3.63) is 53.6 Å². The lowest BCUT2D eigenvalue weighted by molar-refractivity contribution is 0.169. The van der Waals surface area contributed by atoms with Crippen LogP contribution in [0.4, 0.5) is 9.18 Å². The molecule has 0 aliphatic rings. The van der Waals surface area contributed by atoms with E-state index in [4.69, 9.17) is 21.4 Å². The smallest absolute Gasteiger partial charge is 0.405 e. The number of carbonyl (C=O) groups is 1. The predicted octanol–water partition coefficient (Wildman–Crippen LogP) is 5.54. The average molecular weight is 432 g/mol. The first kappa shape index (κ1) is 21.8. The van der Waals surface area contributed by atoms with Gasteiger partial charge in [-0.05, 0) is 50.5 Å². The number of halogens is 2. The van der Waals surface area contributed by atoms with Crippen LogP contribution in [-0.2, 0) is 0 Å². The summed E-state index contributed by atoms with van der Waals surface area (Å²) in [4.78, 5) is 19.5. The number of hydrogen-bond donors (Lipinski definition) is 2. The summed E-state index contributed by atoms with van der Waals surface area (Å²) < 4.78 is 19.3. The number of nitrogens with zero attached hydrogens (tertiary/aromatic N) is 2. The molecule has 0 aliphatic carbocycles. The van der Waals surface area contributed by atoms with Crippen molar-refractivity contribution < 1.29 is 19.0 Å². The normalized spacial score (nSPS) is 12.6. The van der Waals surface area contributed by atoms with Crippen LogP contribution in [0.5, 0.6) is 5.75 Å². The summed E-state index contributed by atoms with van der Waals surface area (Å²) in [7, 11) is 0. The maximum Gasteiger partial charge on any atom is 0.405 e. The highest BCUT2D eigenvalue weighted by Gasteiger charge is 2.23. The summed E-state index contributed by atoms with van der Waals surface area (Å²) in [6, 6.07) is 7.94. The quantitative estimate of drug-likeness (QED) is 0.513. The van der Waals surface area contributed by atoms with Crippen molar-refractivity contribution in [3.63, 3.8) is 0 Å². The third-order valence-corrected chi connectivity index (χ3v) is 4.92. The number of nitrogens with one attached hydrogen (secondary N) is 1. The van der Waals surface area contributed by atoms with Gasteiger partial charge in [-0.1, -0.05) is 18.5 Å². The minimum Gasteiger partial charge on any atom is -0.490 e. The van der Waals surface area contributed by atoms with Gasteiger partial charge in [0.2, 0.25) is 0 Å². The van der Waals surface area contributed by atoms with E-state index in [9.17, 15) is 9.18 Å². The Balaban J connectivity index is 1.73. The highest BCUT2D eigenvalue weighted by Crippen LogP contribution is 2.32. The number of benzene rings is 1. The number of hydrogen-bond acceptors (Lipinski definition) is 4. The number of aromatic nitrogens is 2. The first-order valence-corrected chi connectivity index (χ1v) is 9.86. The SMILES string of the molecule is CC(COc1cnc(-c2ccnc3cc(F)ccc23)cc1Cl)CC(C)(C)NC(=O)O. The zero-order chi connectivity index (χ0) is 21.9. The second kappa shape index (κ2) is 8.83. The van der Waals surface area contributed by atoms with E-state index in [1.165, 1.54) is 12.1 Å². The molecule has 0 fully saturated rings. The Bertz CT molecular complexity index is 1070. The molecule has 3 rings (SSSR count). The van der Waals surface area contributed by atoms with Gasteiger partial charge in [0, 0.05) is 28.8 Å². The molecule has 0 aliphatic heterocycles. The van der Waals surface area contributed by atoms with E-state index in [0.717, 1.165) is 10.9 Å². The highest BCUT2D eigenvalue weighted by atomic mass is 35.5. The van der Waals surface area contributed by atoms with Crippen molar-refractivity contribution in [1.29, 1.82) is 0 Å². The van der Waals surface area contributed by atoms with Gasteiger partial charge in [-0.3, -0.25) is 9.97 Å². The molecule has 8 heteroatoms. The molecule has 0 saturated carbocycles. The summed E-state index contributed by atoms with van der Waals surface area (Å²) >= 11 is 6.41. The minimum atomic E-state index is -1.05. The fourth-order valence-electron chi connectivity index (χ4n) is 3.52. The average Bonchev–Trinajstić information content (AvgIpc) is 2.64. The predicted molar refractivity (Wildman–Crippen MR) is 114 cm³/mol. The van der Waals surface area contributed by atoms with Gasteiger partial charge >= 0.3 is 6.09 Å². The van der Waals surface area contributed by atoms with Gasteiger partial charge < -0.3 is 15.2 Å². The molecule has 0 spiro atoms. The van der Waals surface area contributed by atoms with E-state index in [2.05, 4.69) is 15.3 Å². The first-order valence-electron chi connectivity index (χ1n) is 9.49. The van der Waals surface area contributed by atoms with E-state index in [0.29, 0.717) is 35.0 Å². The molecule has 2 N–H and O–H groups in total. The van der Waals surface area contributed by atoms with Crippen LogP contribution in [0.2, 0.25) is 5.02 Å². The van der Waals surface area contributed by atoms with Gasteiger partial charge in [-0.25, -0.2) is 9.18 Å². The molecule has 6 nitrogen and oxygen atoms in total. The second-order valence-electron chi connectivity index (χ2n) is 7.95. The molecule has 2 heterocycles. The van der Waals surface area contributed by atoms with Crippen LogP contribution in [0.1, 0.15) is 27.2 Å². The fourth-order valence-corrected chi connectivity index (χ4v) is 3.73. The molecule has 30 heavy (non-hydrogen) atoms. The number of ether oxygens (including phenoxy) is 1. The molecule has 0 saturated heterocycles. The molecule has 2 aromatic heterocycles. The summed E-state index contributed by atoms with van der Waals surface area (Å²) in [6.07, 6.45) is 2.71. The zero-order valence-electron chi connectivity index (χ0n) is 16.9. The molecule has 3 aromatic rings. The Kier molecular flexibility index (Phi) is 6.41. The van der Waals surface area contributed by atoms with Crippen molar-refractivity contribution in [1.82, 2.24) is 15.3 Å². The number of rotatable bonds is 7. The molecule has 0 radical (unpaired) electrons. The topological polar surface area (TPSA) is 84.3 Å². The third kappa shape index (κ3) is 5.36. The van der Waals surface area contributed by atoms with Gasteiger partial charge in [0.1, 0.15) is 5.82 Å². The Morgan fingerprint density at radius 3 is 2.77 bits per heavy atom. The Morgan fingerprint density at radius 2 is 2.07 bits per heavy atom. The van der Waals surface area contributed by atoms with Crippen molar-refractivity contribution >= 4 is 28.6 Å². The number of amides is 1. The van der Waals surface area contributed by atoms with Crippen LogP contribution in [0.15, 0.2) is 42.7 Å². The number of fused-ring (bicyclic) bond motifs is 1. The molecular weight excluding hydrogens is 409 g/mol. The Morgan fingerprint density at radius 1 is 1.30 bits per heavy atom. The highest BCUT2D eigenvalue weighted by molar-refractivity contribution is 6.32. The van der Waals surface area contributed by atoms with Crippen molar-refractivity contribution in [2.24, 2.45) is 5.92 Å². The van der Waals surface area contributed by atoms with Crippen molar-refractivity contribution in [3.8, 4) is 17.0 Å². The first-order chi connectivity index (χ1) is 14.1. The standard InChI is InChI=1S/C22H23ClFN3O3/c1-13(10-22(2,3)27-21(28)29)12-30-20-11-26-19(9-17(20)23)16-6-7-25-18-8-14(24)4-5-15(16)18/h4-9,11,13,27H,10,12H2,1-3H3,(H,28,29). The van der Waals surface area contributed by atoms with Crippen LogP contribution in [0.25, 0.3) is 22.2 Å². The number of pyridine rings is 2. The lowest BCUT2D eigenvalue weighted by Crippen LogP contribution is -2.44. The maximum atomic E-state index is 13.5. The van der Waals surface area contributed by atoms with Gasteiger partial charge in [-0.2, -0.15) is 0 Å². The zero-order valence-corrected chi connectivity index (χ0v) is 17.7. The summed E-state index contributed by atoms with van der Waals surface area (Å²) in [5, 5.41) is 12.6. The Hall–Kier alpha value is -2.93.